The van der Waals surface area contributed by atoms with Gasteiger partial charge in [-0.25, -0.2) is 17.6 Å². The fourth-order valence-electron chi connectivity index (χ4n) is 4.70. The van der Waals surface area contributed by atoms with E-state index >= 15 is 0 Å². The zero-order valence-electron chi connectivity index (χ0n) is 18.5. The first kappa shape index (κ1) is 24.1. The van der Waals surface area contributed by atoms with Crippen LogP contribution in [0.5, 0.6) is 0 Å². The molecule has 0 nitrogen and oxygen atoms in total. The van der Waals surface area contributed by atoms with Gasteiger partial charge >= 0.3 is 0 Å². The average Bonchev–Trinajstić information content (AvgIpc) is 2.81. The van der Waals surface area contributed by atoms with Gasteiger partial charge in [-0.1, -0.05) is 43.5 Å². The van der Waals surface area contributed by atoms with Gasteiger partial charge in [0.05, 0.1) is 0 Å². The molecule has 0 amide bonds. The van der Waals surface area contributed by atoms with E-state index in [1.165, 1.54) is 24.6 Å². The van der Waals surface area contributed by atoms with Gasteiger partial charge in [-0.2, -0.15) is 8.78 Å². The van der Waals surface area contributed by atoms with E-state index in [1.54, 1.807) is 6.07 Å². The number of hydrogen-bond acceptors (Lipinski definition) is 0. The standard InChI is InChI=1S/C28H24F6/c29-24-13-18(17-5-2-1-3-6-17)9-11-21(24)19-10-12-22(25(30)14-19)20-15-26(31)23(27(32)16-20)7-4-8-28(33)34/h8-17H,1-7H2. The lowest BCUT2D eigenvalue weighted by atomic mass is 9.83. The minimum Gasteiger partial charge on any atom is -0.207 e. The van der Waals surface area contributed by atoms with E-state index in [1.807, 2.05) is 6.07 Å². The maximum atomic E-state index is 14.9. The molecule has 3 aromatic rings. The summed E-state index contributed by atoms with van der Waals surface area (Å²) in [6.07, 6.45) is 3.76. The summed E-state index contributed by atoms with van der Waals surface area (Å²) in [5, 5.41) is 0. The second-order valence-corrected chi connectivity index (χ2v) is 8.72. The van der Waals surface area contributed by atoms with Crippen LogP contribution in [-0.2, 0) is 6.42 Å². The molecule has 0 spiro atoms. The van der Waals surface area contributed by atoms with E-state index < -0.39 is 29.3 Å². The molecule has 3 aromatic carbocycles. The Morgan fingerprint density at radius 3 is 1.91 bits per heavy atom. The van der Waals surface area contributed by atoms with Crippen LogP contribution in [0.4, 0.5) is 26.3 Å². The highest BCUT2D eigenvalue weighted by Crippen LogP contribution is 2.36. The van der Waals surface area contributed by atoms with E-state index in [0.717, 1.165) is 49.4 Å². The highest BCUT2D eigenvalue weighted by Gasteiger charge is 2.19. The highest BCUT2D eigenvalue weighted by molar-refractivity contribution is 5.72. The lowest BCUT2D eigenvalue weighted by molar-refractivity contribution is 0.417. The topological polar surface area (TPSA) is 0 Å². The molecule has 1 saturated carbocycles. The monoisotopic (exact) mass is 474 g/mol. The first-order chi connectivity index (χ1) is 16.3. The Morgan fingerprint density at radius 1 is 0.706 bits per heavy atom. The zero-order chi connectivity index (χ0) is 24.2. The molecule has 1 fully saturated rings. The third-order valence-corrected chi connectivity index (χ3v) is 6.49. The van der Waals surface area contributed by atoms with E-state index in [9.17, 15) is 26.3 Å². The largest absolute Gasteiger partial charge is 0.266 e. The predicted octanol–water partition coefficient (Wildman–Crippen LogP) is 9.34. The quantitative estimate of drug-likeness (QED) is 0.312. The van der Waals surface area contributed by atoms with Crippen LogP contribution in [0.15, 0.2) is 60.7 Å². The second-order valence-electron chi connectivity index (χ2n) is 8.72. The van der Waals surface area contributed by atoms with Crippen LogP contribution < -0.4 is 0 Å². The van der Waals surface area contributed by atoms with Crippen molar-refractivity contribution in [3.05, 3.63) is 95.1 Å². The Kier molecular flexibility index (Phi) is 7.44. The van der Waals surface area contributed by atoms with E-state index in [-0.39, 0.29) is 35.1 Å². The van der Waals surface area contributed by atoms with Crippen LogP contribution in [0.3, 0.4) is 0 Å². The van der Waals surface area contributed by atoms with E-state index in [2.05, 4.69) is 0 Å². The fraction of sp³-hybridized carbons (Fsp3) is 0.286. The molecule has 0 aliphatic heterocycles. The summed E-state index contributed by atoms with van der Waals surface area (Å²) < 4.78 is 83.0. The molecule has 0 aromatic heterocycles. The summed E-state index contributed by atoms with van der Waals surface area (Å²) in [6.45, 7) is 0. The van der Waals surface area contributed by atoms with E-state index in [0.29, 0.717) is 17.6 Å². The Balaban J connectivity index is 1.58. The Bertz CT molecular complexity index is 1180. The smallest absolute Gasteiger partial charge is 0.207 e. The minimum absolute atomic E-state index is 0.0249. The molecular weight excluding hydrogens is 450 g/mol. The number of rotatable bonds is 6. The van der Waals surface area contributed by atoms with Gasteiger partial charge in [-0.15, -0.1) is 0 Å². The molecule has 178 valence electrons. The molecule has 1 aliphatic carbocycles. The minimum atomic E-state index is -1.92. The number of allylic oxidation sites excluding steroid dienone is 1. The molecule has 6 heteroatoms. The summed E-state index contributed by atoms with van der Waals surface area (Å²) in [6, 6.07) is 11.0. The van der Waals surface area contributed by atoms with Crippen molar-refractivity contribution in [2.24, 2.45) is 0 Å². The van der Waals surface area contributed by atoms with Crippen LogP contribution in [0.25, 0.3) is 22.3 Å². The molecule has 34 heavy (non-hydrogen) atoms. The van der Waals surface area contributed by atoms with Gasteiger partial charge < -0.3 is 0 Å². The highest BCUT2D eigenvalue weighted by atomic mass is 19.3. The Morgan fingerprint density at radius 2 is 1.29 bits per heavy atom. The van der Waals surface area contributed by atoms with Crippen molar-refractivity contribution in [3.63, 3.8) is 0 Å². The van der Waals surface area contributed by atoms with E-state index in [4.69, 9.17) is 0 Å². The Labute approximate surface area is 194 Å². The summed E-state index contributed by atoms with van der Waals surface area (Å²) in [7, 11) is 0. The molecular formula is C28H24F6. The summed E-state index contributed by atoms with van der Waals surface area (Å²) in [4.78, 5) is 0. The van der Waals surface area contributed by atoms with Gasteiger partial charge in [0, 0.05) is 16.7 Å². The number of halogens is 6. The summed E-state index contributed by atoms with van der Waals surface area (Å²) in [5.41, 5.74) is 1.13. The number of benzene rings is 3. The maximum Gasteiger partial charge on any atom is 0.266 e. The fourth-order valence-corrected chi connectivity index (χ4v) is 4.70. The summed E-state index contributed by atoms with van der Waals surface area (Å²) >= 11 is 0. The van der Waals surface area contributed by atoms with Gasteiger partial charge in [0.15, 0.2) is 0 Å². The van der Waals surface area contributed by atoms with Gasteiger partial charge in [0.25, 0.3) is 6.08 Å². The normalized spacial score (nSPS) is 14.3. The van der Waals surface area contributed by atoms with Crippen molar-refractivity contribution in [2.45, 2.75) is 50.9 Å². The van der Waals surface area contributed by atoms with Gasteiger partial charge in [-0.3, -0.25) is 0 Å². The van der Waals surface area contributed by atoms with Crippen LogP contribution in [-0.4, -0.2) is 0 Å². The van der Waals surface area contributed by atoms with Crippen LogP contribution >= 0.6 is 0 Å². The zero-order valence-corrected chi connectivity index (χ0v) is 18.5. The third kappa shape index (κ3) is 5.37. The van der Waals surface area contributed by atoms with Crippen LogP contribution in [0.1, 0.15) is 55.6 Å². The predicted molar refractivity (Wildman–Crippen MR) is 122 cm³/mol. The Hall–Kier alpha value is -3.02. The molecule has 0 N–H and O–H groups in total. The van der Waals surface area contributed by atoms with Crippen LogP contribution in [0, 0.1) is 23.3 Å². The van der Waals surface area contributed by atoms with Crippen molar-refractivity contribution in [3.8, 4) is 22.3 Å². The lowest BCUT2D eigenvalue weighted by Crippen LogP contribution is -2.05. The van der Waals surface area contributed by atoms with Crippen molar-refractivity contribution >= 4 is 0 Å². The first-order valence-electron chi connectivity index (χ1n) is 11.4. The lowest BCUT2D eigenvalue weighted by Gasteiger charge is -2.22. The van der Waals surface area contributed by atoms with Gasteiger partial charge in [-0.05, 0) is 78.6 Å². The van der Waals surface area contributed by atoms with Crippen molar-refractivity contribution in [1.82, 2.24) is 0 Å². The first-order valence-corrected chi connectivity index (χ1v) is 11.4. The van der Waals surface area contributed by atoms with Crippen molar-refractivity contribution < 1.29 is 26.3 Å². The molecule has 1 aliphatic rings. The average molecular weight is 474 g/mol. The second kappa shape index (κ2) is 10.5. The summed E-state index contributed by atoms with van der Waals surface area (Å²) in [5.74, 6) is -2.71. The number of hydrogen-bond donors (Lipinski definition) is 0. The van der Waals surface area contributed by atoms with Gasteiger partial charge in [0.2, 0.25) is 0 Å². The SMILES string of the molecule is FC(F)=CCCc1c(F)cc(-c2ccc(-c3ccc(C4CCCCC4)cc3F)cc2F)cc1F. The molecule has 0 saturated heterocycles. The molecule has 4 rings (SSSR count). The third-order valence-electron chi connectivity index (χ3n) is 6.49. The molecule has 0 radical (unpaired) electrons. The van der Waals surface area contributed by atoms with Crippen molar-refractivity contribution in [2.75, 3.05) is 0 Å². The molecule has 0 atom stereocenters. The molecule has 0 heterocycles. The van der Waals surface area contributed by atoms with Crippen molar-refractivity contribution in [1.29, 1.82) is 0 Å². The molecule has 0 bridgehead atoms. The van der Waals surface area contributed by atoms with Crippen LogP contribution in [0.2, 0.25) is 0 Å². The molecule has 0 unspecified atom stereocenters. The van der Waals surface area contributed by atoms with Gasteiger partial charge in [0.1, 0.15) is 23.3 Å². The maximum absolute atomic E-state index is 14.9.